The number of carbonyl (C=O) groups is 1. The molecule has 1 aromatic heterocycles. The molecular formula is C5H5Cl2N3O2. The summed E-state index contributed by atoms with van der Waals surface area (Å²) < 4.78 is 5.63. The quantitative estimate of drug-likeness (QED) is 0.676. The summed E-state index contributed by atoms with van der Waals surface area (Å²) >= 11 is 11.1. The second-order valence-corrected chi connectivity index (χ2v) is 2.58. The van der Waals surface area contributed by atoms with Crippen LogP contribution in [0.5, 0.6) is 0 Å². The third-order valence-corrected chi connectivity index (χ3v) is 1.73. The van der Waals surface area contributed by atoms with Gasteiger partial charge in [-0.15, -0.1) is 10.2 Å². The lowest BCUT2D eigenvalue weighted by molar-refractivity contribution is -0.141. The monoisotopic (exact) mass is 209 g/mol. The van der Waals surface area contributed by atoms with Gasteiger partial charge in [0.25, 0.3) is 0 Å². The molecule has 66 valence electrons. The standard InChI is InChI=1S/C5H5Cl2N3O2/c1-12-3(11)2-10-4(6)8-9-5(10)7/h2H2,1H3. The van der Waals surface area contributed by atoms with Crippen molar-refractivity contribution in [1.29, 1.82) is 0 Å². The van der Waals surface area contributed by atoms with Gasteiger partial charge in [0.1, 0.15) is 6.54 Å². The van der Waals surface area contributed by atoms with Crippen molar-refractivity contribution in [2.24, 2.45) is 0 Å². The maximum absolute atomic E-state index is 10.8. The van der Waals surface area contributed by atoms with Crippen molar-refractivity contribution in [3.63, 3.8) is 0 Å². The Morgan fingerprint density at radius 3 is 2.42 bits per heavy atom. The average molecular weight is 210 g/mol. The third kappa shape index (κ3) is 1.86. The summed E-state index contributed by atoms with van der Waals surface area (Å²) in [5, 5.41) is 7.01. The molecule has 0 saturated heterocycles. The van der Waals surface area contributed by atoms with E-state index in [9.17, 15) is 4.79 Å². The van der Waals surface area contributed by atoms with E-state index in [1.54, 1.807) is 0 Å². The predicted molar refractivity (Wildman–Crippen MR) is 42.1 cm³/mol. The van der Waals surface area contributed by atoms with Gasteiger partial charge in [0, 0.05) is 0 Å². The smallest absolute Gasteiger partial charge is 0.325 e. The van der Waals surface area contributed by atoms with Crippen molar-refractivity contribution in [3.8, 4) is 0 Å². The number of aromatic nitrogens is 3. The van der Waals surface area contributed by atoms with Crippen molar-refractivity contribution in [3.05, 3.63) is 10.6 Å². The lowest BCUT2D eigenvalue weighted by Crippen LogP contribution is -2.11. The van der Waals surface area contributed by atoms with E-state index >= 15 is 0 Å². The van der Waals surface area contributed by atoms with Crippen LogP contribution >= 0.6 is 23.2 Å². The van der Waals surface area contributed by atoms with Gasteiger partial charge in [-0.2, -0.15) is 0 Å². The summed E-state index contributed by atoms with van der Waals surface area (Å²) in [6.45, 7) is -0.0822. The molecule has 0 atom stereocenters. The van der Waals surface area contributed by atoms with E-state index in [0.29, 0.717) is 0 Å². The molecule has 0 fully saturated rings. The molecule has 0 bridgehead atoms. The average Bonchev–Trinajstić information content (AvgIpc) is 2.35. The second kappa shape index (κ2) is 3.73. The number of esters is 1. The lowest BCUT2D eigenvalue weighted by Gasteiger charge is -2.00. The van der Waals surface area contributed by atoms with Crippen LogP contribution in [0.25, 0.3) is 0 Å². The van der Waals surface area contributed by atoms with Crippen molar-refractivity contribution in [2.75, 3.05) is 7.11 Å². The number of nitrogens with zero attached hydrogens (tertiary/aromatic N) is 3. The van der Waals surface area contributed by atoms with Gasteiger partial charge < -0.3 is 4.74 Å². The Labute approximate surface area is 78.2 Å². The molecule has 1 heterocycles. The van der Waals surface area contributed by atoms with E-state index in [-0.39, 0.29) is 17.1 Å². The SMILES string of the molecule is COC(=O)Cn1c(Cl)nnc1Cl. The molecular weight excluding hydrogens is 205 g/mol. The fraction of sp³-hybridized carbons (Fsp3) is 0.400. The first-order valence-electron chi connectivity index (χ1n) is 2.96. The molecule has 12 heavy (non-hydrogen) atoms. The Bertz CT molecular complexity index is 279. The largest absolute Gasteiger partial charge is 0.468 e. The molecule has 0 spiro atoms. The van der Waals surface area contributed by atoms with Crippen LogP contribution in [-0.4, -0.2) is 27.8 Å². The highest BCUT2D eigenvalue weighted by molar-refractivity contribution is 6.31. The minimum absolute atomic E-state index is 0.0606. The van der Waals surface area contributed by atoms with Crippen molar-refractivity contribution in [1.82, 2.24) is 14.8 Å². The summed E-state index contributed by atoms with van der Waals surface area (Å²) in [6, 6.07) is 0. The fourth-order valence-corrected chi connectivity index (χ4v) is 0.989. The maximum atomic E-state index is 10.8. The second-order valence-electron chi connectivity index (χ2n) is 1.90. The molecule has 0 amide bonds. The van der Waals surface area contributed by atoms with Gasteiger partial charge in [-0.1, -0.05) is 0 Å². The number of methoxy groups -OCH3 is 1. The molecule has 0 saturated carbocycles. The summed E-state index contributed by atoms with van der Waals surface area (Å²) in [5.41, 5.74) is 0. The molecule has 0 radical (unpaired) electrons. The Hall–Kier alpha value is -0.810. The first-order chi connectivity index (χ1) is 5.65. The lowest BCUT2D eigenvalue weighted by atomic mass is 10.6. The summed E-state index contributed by atoms with van der Waals surface area (Å²) in [7, 11) is 1.27. The molecule has 0 unspecified atom stereocenters. The molecule has 5 nitrogen and oxygen atoms in total. The number of carbonyl (C=O) groups excluding carboxylic acids is 1. The number of rotatable bonds is 2. The summed E-state index contributed by atoms with van der Waals surface area (Å²) in [5.74, 6) is -0.460. The van der Waals surface area contributed by atoms with E-state index in [4.69, 9.17) is 23.2 Å². The summed E-state index contributed by atoms with van der Waals surface area (Å²) in [6.07, 6.45) is 0. The van der Waals surface area contributed by atoms with E-state index in [1.807, 2.05) is 0 Å². The van der Waals surface area contributed by atoms with Crippen LogP contribution in [0.1, 0.15) is 0 Å². The van der Waals surface area contributed by atoms with E-state index in [1.165, 1.54) is 11.7 Å². The predicted octanol–water partition coefficient (Wildman–Crippen LogP) is 0.758. The van der Waals surface area contributed by atoms with Crippen LogP contribution in [0.4, 0.5) is 0 Å². The Morgan fingerprint density at radius 2 is 2.00 bits per heavy atom. The van der Waals surface area contributed by atoms with Crippen LogP contribution in [0.2, 0.25) is 10.6 Å². The topological polar surface area (TPSA) is 57.0 Å². The minimum atomic E-state index is -0.460. The van der Waals surface area contributed by atoms with Crippen LogP contribution in [0.15, 0.2) is 0 Å². The van der Waals surface area contributed by atoms with Gasteiger partial charge in [-0.3, -0.25) is 9.36 Å². The molecule has 1 rings (SSSR count). The van der Waals surface area contributed by atoms with Crippen LogP contribution < -0.4 is 0 Å². The third-order valence-electron chi connectivity index (χ3n) is 1.18. The number of halogens is 2. The molecule has 1 aromatic rings. The molecule has 0 aliphatic heterocycles. The zero-order chi connectivity index (χ0) is 9.14. The molecule has 0 aromatic carbocycles. The Morgan fingerprint density at radius 1 is 1.50 bits per heavy atom. The molecule has 7 heteroatoms. The highest BCUT2D eigenvalue weighted by Gasteiger charge is 2.11. The Kier molecular flexibility index (Phi) is 2.88. The highest BCUT2D eigenvalue weighted by Crippen LogP contribution is 2.12. The van der Waals surface area contributed by atoms with Crippen molar-refractivity contribution in [2.45, 2.75) is 6.54 Å². The van der Waals surface area contributed by atoms with Crippen molar-refractivity contribution >= 4 is 29.2 Å². The van der Waals surface area contributed by atoms with Gasteiger partial charge in [0.2, 0.25) is 10.6 Å². The van der Waals surface area contributed by atoms with Crippen LogP contribution in [-0.2, 0) is 16.1 Å². The Balaban J connectivity index is 2.80. The first kappa shape index (κ1) is 9.28. The highest BCUT2D eigenvalue weighted by atomic mass is 35.5. The first-order valence-corrected chi connectivity index (χ1v) is 3.71. The normalized spacial score (nSPS) is 9.92. The van der Waals surface area contributed by atoms with Crippen molar-refractivity contribution < 1.29 is 9.53 Å². The van der Waals surface area contributed by atoms with Gasteiger partial charge >= 0.3 is 5.97 Å². The van der Waals surface area contributed by atoms with Gasteiger partial charge in [-0.25, -0.2) is 0 Å². The zero-order valence-electron chi connectivity index (χ0n) is 6.12. The van der Waals surface area contributed by atoms with Gasteiger partial charge in [0.05, 0.1) is 7.11 Å². The van der Waals surface area contributed by atoms with E-state index in [2.05, 4.69) is 14.9 Å². The maximum Gasteiger partial charge on any atom is 0.325 e. The number of ether oxygens (including phenoxy) is 1. The van der Waals surface area contributed by atoms with E-state index in [0.717, 1.165) is 0 Å². The van der Waals surface area contributed by atoms with E-state index < -0.39 is 5.97 Å². The van der Waals surface area contributed by atoms with Gasteiger partial charge in [0.15, 0.2) is 0 Å². The molecule has 0 aliphatic rings. The van der Waals surface area contributed by atoms with Crippen LogP contribution in [0, 0.1) is 0 Å². The van der Waals surface area contributed by atoms with Gasteiger partial charge in [-0.05, 0) is 23.2 Å². The van der Waals surface area contributed by atoms with Crippen LogP contribution in [0.3, 0.4) is 0 Å². The fourth-order valence-electron chi connectivity index (χ4n) is 0.591. The molecule has 0 N–H and O–H groups in total. The summed E-state index contributed by atoms with van der Waals surface area (Å²) in [4.78, 5) is 10.8. The molecule has 0 aliphatic carbocycles. The number of hydrogen-bond acceptors (Lipinski definition) is 4. The number of hydrogen-bond donors (Lipinski definition) is 0. The minimum Gasteiger partial charge on any atom is -0.468 e. The zero-order valence-corrected chi connectivity index (χ0v) is 7.63.